The van der Waals surface area contributed by atoms with E-state index in [1.807, 2.05) is 0 Å². The second-order valence-electron chi connectivity index (χ2n) is 7.40. The molecule has 2 aliphatic heterocycles. The molecule has 27 heavy (non-hydrogen) atoms. The van der Waals surface area contributed by atoms with Crippen molar-refractivity contribution in [2.75, 3.05) is 32.8 Å². The Labute approximate surface area is 158 Å². The molecule has 0 aliphatic carbocycles. The van der Waals surface area contributed by atoms with E-state index < -0.39 is 0 Å². The molecule has 2 saturated heterocycles. The number of hydrogen-bond donors (Lipinski definition) is 1. The summed E-state index contributed by atoms with van der Waals surface area (Å²) in [5.41, 5.74) is 1.18. The average molecular weight is 372 g/mol. The van der Waals surface area contributed by atoms with Gasteiger partial charge in [0.15, 0.2) is 0 Å². The fraction of sp³-hybridized carbons (Fsp3) is 0.500. The van der Waals surface area contributed by atoms with E-state index in [0.717, 1.165) is 52.1 Å². The van der Waals surface area contributed by atoms with Crippen LogP contribution in [0.3, 0.4) is 0 Å². The molecule has 1 aromatic carbocycles. The second kappa shape index (κ2) is 8.19. The summed E-state index contributed by atoms with van der Waals surface area (Å²) in [7, 11) is 0. The molecule has 0 spiro atoms. The van der Waals surface area contributed by atoms with Gasteiger partial charge in [-0.25, -0.2) is 9.37 Å². The van der Waals surface area contributed by atoms with Crippen LogP contribution in [-0.2, 0) is 4.74 Å². The Hall–Kier alpha value is -2.25. The van der Waals surface area contributed by atoms with Crippen LogP contribution in [0.15, 0.2) is 36.8 Å². The van der Waals surface area contributed by atoms with Gasteiger partial charge in [-0.2, -0.15) is 0 Å². The molecule has 1 amide bonds. The molecule has 1 unspecified atom stereocenters. The summed E-state index contributed by atoms with van der Waals surface area (Å²) < 4.78 is 20.3. The Kier molecular flexibility index (Phi) is 5.50. The highest BCUT2D eigenvalue weighted by molar-refractivity contribution is 5.93. The maximum atomic E-state index is 13.1. The zero-order chi connectivity index (χ0) is 18.6. The van der Waals surface area contributed by atoms with Gasteiger partial charge in [-0.3, -0.25) is 9.36 Å². The van der Waals surface area contributed by atoms with Crippen LogP contribution in [0.1, 0.15) is 29.8 Å². The van der Waals surface area contributed by atoms with Crippen molar-refractivity contribution >= 4 is 5.91 Å². The van der Waals surface area contributed by atoms with Gasteiger partial charge in [0.25, 0.3) is 5.91 Å². The van der Waals surface area contributed by atoms with Crippen LogP contribution in [0.5, 0.6) is 0 Å². The number of nitrogens with one attached hydrogen (secondary N) is 1. The smallest absolute Gasteiger partial charge is 0.270 e. The number of ether oxygens (including phenoxy) is 1. The van der Waals surface area contributed by atoms with E-state index in [-0.39, 0.29) is 17.8 Å². The summed E-state index contributed by atoms with van der Waals surface area (Å²) in [4.78, 5) is 19.3. The molecule has 3 heterocycles. The SMILES string of the molecule is O=C(NC1CCN(CC2CCOC2)CC1)c1cncn1-c1ccc(F)cc1. The molecular weight excluding hydrogens is 347 g/mol. The number of piperidine rings is 1. The van der Waals surface area contributed by atoms with E-state index >= 15 is 0 Å². The number of halogens is 1. The van der Waals surface area contributed by atoms with Gasteiger partial charge < -0.3 is 15.0 Å². The van der Waals surface area contributed by atoms with Crippen molar-refractivity contribution in [1.29, 1.82) is 0 Å². The maximum absolute atomic E-state index is 13.1. The average Bonchev–Trinajstić information content (AvgIpc) is 3.36. The first kappa shape index (κ1) is 18.1. The van der Waals surface area contributed by atoms with Crippen LogP contribution < -0.4 is 5.32 Å². The Morgan fingerprint density at radius 1 is 1.22 bits per heavy atom. The quantitative estimate of drug-likeness (QED) is 0.875. The molecule has 1 aromatic heterocycles. The normalized spacial score (nSPS) is 21.4. The molecule has 1 atom stereocenters. The predicted octanol–water partition coefficient (Wildman–Crippen LogP) is 2.24. The lowest BCUT2D eigenvalue weighted by atomic mass is 10.0. The number of aromatic nitrogens is 2. The van der Waals surface area contributed by atoms with E-state index in [4.69, 9.17) is 4.74 Å². The lowest BCUT2D eigenvalue weighted by Crippen LogP contribution is -2.46. The number of imidazole rings is 1. The van der Waals surface area contributed by atoms with Crippen molar-refractivity contribution in [2.45, 2.75) is 25.3 Å². The number of carbonyl (C=O) groups excluding carboxylic acids is 1. The van der Waals surface area contributed by atoms with Crippen LogP contribution >= 0.6 is 0 Å². The molecule has 0 saturated carbocycles. The van der Waals surface area contributed by atoms with Crippen LogP contribution in [0, 0.1) is 11.7 Å². The number of likely N-dealkylation sites (tertiary alicyclic amines) is 1. The molecule has 2 fully saturated rings. The fourth-order valence-electron chi connectivity index (χ4n) is 3.88. The first-order valence-corrected chi connectivity index (χ1v) is 9.58. The summed E-state index contributed by atoms with van der Waals surface area (Å²) in [5.74, 6) is 0.210. The monoisotopic (exact) mass is 372 g/mol. The van der Waals surface area contributed by atoms with E-state index in [2.05, 4.69) is 15.2 Å². The predicted molar refractivity (Wildman–Crippen MR) is 99.4 cm³/mol. The summed E-state index contributed by atoms with van der Waals surface area (Å²) >= 11 is 0. The topological polar surface area (TPSA) is 59.4 Å². The molecule has 6 nitrogen and oxygen atoms in total. The van der Waals surface area contributed by atoms with Crippen molar-refractivity contribution in [3.05, 3.63) is 48.3 Å². The van der Waals surface area contributed by atoms with E-state index in [9.17, 15) is 9.18 Å². The van der Waals surface area contributed by atoms with Gasteiger partial charge in [0, 0.05) is 38.0 Å². The van der Waals surface area contributed by atoms with Crippen LogP contribution in [-0.4, -0.2) is 59.2 Å². The van der Waals surface area contributed by atoms with Gasteiger partial charge in [0.2, 0.25) is 0 Å². The van der Waals surface area contributed by atoms with Gasteiger partial charge in [0.1, 0.15) is 11.5 Å². The van der Waals surface area contributed by atoms with Crippen molar-refractivity contribution in [2.24, 2.45) is 5.92 Å². The number of rotatable bonds is 5. The largest absolute Gasteiger partial charge is 0.381 e. The highest BCUT2D eigenvalue weighted by atomic mass is 19.1. The number of benzene rings is 1. The fourth-order valence-corrected chi connectivity index (χ4v) is 3.88. The molecule has 1 N–H and O–H groups in total. The van der Waals surface area contributed by atoms with E-state index in [1.165, 1.54) is 12.1 Å². The third kappa shape index (κ3) is 4.36. The highest BCUT2D eigenvalue weighted by Gasteiger charge is 2.25. The maximum Gasteiger partial charge on any atom is 0.270 e. The van der Waals surface area contributed by atoms with Crippen molar-refractivity contribution in [3.63, 3.8) is 0 Å². The van der Waals surface area contributed by atoms with Crippen LogP contribution in [0.2, 0.25) is 0 Å². The van der Waals surface area contributed by atoms with Gasteiger partial charge in [-0.15, -0.1) is 0 Å². The Morgan fingerprint density at radius 3 is 2.70 bits per heavy atom. The van der Waals surface area contributed by atoms with Gasteiger partial charge >= 0.3 is 0 Å². The third-order valence-corrected chi connectivity index (χ3v) is 5.44. The first-order valence-electron chi connectivity index (χ1n) is 9.58. The number of nitrogens with zero attached hydrogens (tertiary/aromatic N) is 3. The minimum atomic E-state index is -0.305. The van der Waals surface area contributed by atoms with Gasteiger partial charge in [-0.05, 0) is 49.4 Å². The van der Waals surface area contributed by atoms with Gasteiger partial charge in [-0.1, -0.05) is 0 Å². The number of hydrogen-bond acceptors (Lipinski definition) is 4. The second-order valence-corrected chi connectivity index (χ2v) is 7.40. The number of amides is 1. The zero-order valence-corrected chi connectivity index (χ0v) is 15.3. The molecule has 0 radical (unpaired) electrons. The first-order chi connectivity index (χ1) is 13.2. The van der Waals surface area contributed by atoms with Gasteiger partial charge in [0.05, 0.1) is 19.1 Å². The summed E-state index contributed by atoms with van der Waals surface area (Å²) in [5, 5.41) is 3.13. The highest BCUT2D eigenvalue weighted by Crippen LogP contribution is 2.18. The molecule has 2 aliphatic rings. The van der Waals surface area contributed by atoms with E-state index in [1.54, 1.807) is 29.2 Å². The van der Waals surface area contributed by atoms with E-state index in [0.29, 0.717) is 17.3 Å². The minimum absolute atomic E-state index is 0.139. The minimum Gasteiger partial charge on any atom is -0.381 e. The Bertz CT molecular complexity index is 763. The number of carbonyl (C=O) groups is 1. The lowest BCUT2D eigenvalue weighted by molar-refractivity contribution is 0.0896. The molecule has 2 aromatic rings. The standard InChI is InChI=1S/C20H25FN4O2/c21-16-1-3-18(4-2-16)25-14-22-11-19(25)20(26)23-17-5-8-24(9-6-17)12-15-7-10-27-13-15/h1-4,11,14-15,17H,5-10,12-13H2,(H,23,26). The molecule has 144 valence electrons. The Balaban J connectivity index is 1.32. The summed E-state index contributed by atoms with van der Waals surface area (Å²) in [6.07, 6.45) is 6.18. The Morgan fingerprint density at radius 2 is 2.00 bits per heavy atom. The third-order valence-electron chi connectivity index (χ3n) is 5.44. The van der Waals surface area contributed by atoms with Crippen LogP contribution in [0.25, 0.3) is 5.69 Å². The molecule has 0 bridgehead atoms. The van der Waals surface area contributed by atoms with Crippen molar-refractivity contribution < 1.29 is 13.9 Å². The lowest BCUT2D eigenvalue weighted by Gasteiger charge is -2.33. The van der Waals surface area contributed by atoms with Crippen molar-refractivity contribution in [1.82, 2.24) is 19.8 Å². The van der Waals surface area contributed by atoms with Crippen LogP contribution in [0.4, 0.5) is 4.39 Å². The molecule has 4 rings (SSSR count). The molecular formula is C20H25FN4O2. The summed E-state index contributed by atoms with van der Waals surface area (Å²) in [6.45, 7) is 4.86. The summed E-state index contributed by atoms with van der Waals surface area (Å²) in [6, 6.07) is 6.20. The van der Waals surface area contributed by atoms with Crippen molar-refractivity contribution in [3.8, 4) is 5.69 Å². The zero-order valence-electron chi connectivity index (χ0n) is 15.3. The molecule has 7 heteroatoms.